The predicted octanol–water partition coefficient (Wildman–Crippen LogP) is 1.77. The Hall–Kier alpha value is -0.810. The third-order valence-electron chi connectivity index (χ3n) is 5.03. The van der Waals surface area contributed by atoms with Crippen molar-refractivity contribution in [1.82, 2.24) is 15.1 Å². The Balaban J connectivity index is 1.57. The molecule has 2 unspecified atom stereocenters. The molecule has 5 heteroatoms. The zero-order chi connectivity index (χ0) is 15.9. The summed E-state index contributed by atoms with van der Waals surface area (Å²) >= 11 is 0. The van der Waals surface area contributed by atoms with Crippen LogP contribution in [0.3, 0.4) is 0 Å². The molecule has 2 aliphatic heterocycles. The molecule has 0 aromatic carbocycles. The van der Waals surface area contributed by atoms with Gasteiger partial charge in [0.2, 0.25) is 0 Å². The normalized spacial score (nSPS) is 27.9. The highest BCUT2D eigenvalue weighted by Gasteiger charge is 2.23. The van der Waals surface area contributed by atoms with E-state index in [-0.39, 0.29) is 12.6 Å². The summed E-state index contributed by atoms with van der Waals surface area (Å²) in [5, 5.41) is 12.2. The minimum Gasteiger partial charge on any atom is -0.396 e. The number of rotatable bonds is 5. The smallest absolute Gasteiger partial charge is 0.317 e. The van der Waals surface area contributed by atoms with Gasteiger partial charge in [-0.1, -0.05) is 13.8 Å². The standard InChI is InChI=1S/C17H33N3O2/c1-14-10-15(2)12-19(11-14)7-3-6-18-17(22)20-8-4-16(13-21)5-9-20/h14-16,21H,3-13H2,1-2H3,(H,18,22). The van der Waals surface area contributed by atoms with E-state index in [1.54, 1.807) is 0 Å². The van der Waals surface area contributed by atoms with Crippen molar-refractivity contribution in [2.45, 2.75) is 39.5 Å². The molecule has 128 valence electrons. The average Bonchev–Trinajstić information content (AvgIpc) is 2.50. The Morgan fingerprint density at radius 3 is 2.41 bits per heavy atom. The van der Waals surface area contributed by atoms with Crippen molar-refractivity contribution in [2.75, 3.05) is 45.9 Å². The van der Waals surface area contributed by atoms with E-state index in [0.717, 1.165) is 57.3 Å². The number of amides is 2. The lowest BCUT2D eigenvalue weighted by Gasteiger charge is -2.35. The maximum atomic E-state index is 12.1. The molecule has 0 bridgehead atoms. The molecule has 0 radical (unpaired) electrons. The molecule has 2 rings (SSSR count). The average molecular weight is 311 g/mol. The summed E-state index contributed by atoms with van der Waals surface area (Å²) in [6.45, 7) is 10.7. The van der Waals surface area contributed by atoms with Crippen molar-refractivity contribution < 1.29 is 9.90 Å². The lowest BCUT2D eigenvalue weighted by atomic mass is 9.92. The van der Waals surface area contributed by atoms with Crippen LogP contribution >= 0.6 is 0 Å². The van der Waals surface area contributed by atoms with Gasteiger partial charge < -0.3 is 20.2 Å². The van der Waals surface area contributed by atoms with Gasteiger partial charge in [-0.2, -0.15) is 0 Å². The zero-order valence-electron chi connectivity index (χ0n) is 14.3. The number of piperidine rings is 2. The molecule has 0 aromatic heterocycles. The van der Waals surface area contributed by atoms with E-state index >= 15 is 0 Å². The highest BCUT2D eigenvalue weighted by atomic mass is 16.3. The van der Waals surface area contributed by atoms with Crippen molar-refractivity contribution in [1.29, 1.82) is 0 Å². The first-order valence-electron chi connectivity index (χ1n) is 8.94. The van der Waals surface area contributed by atoms with E-state index < -0.39 is 0 Å². The van der Waals surface area contributed by atoms with Crippen molar-refractivity contribution in [3.8, 4) is 0 Å². The number of urea groups is 1. The number of carbonyl (C=O) groups excluding carboxylic acids is 1. The summed E-state index contributed by atoms with van der Waals surface area (Å²) in [6.07, 6.45) is 4.22. The minimum atomic E-state index is 0.0665. The number of aliphatic hydroxyl groups is 1. The second kappa shape index (κ2) is 8.73. The summed E-state index contributed by atoms with van der Waals surface area (Å²) in [7, 11) is 0. The summed E-state index contributed by atoms with van der Waals surface area (Å²) in [6, 6.07) is 0.0665. The van der Waals surface area contributed by atoms with Gasteiger partial charge in [0.15, 0.2) is 0 Å². The minimum absolute atomic E-state index is 0.0665. The van der Waals surface area contributed by atoms with Gasteiger partial charge in [-0.3, -0.25) is 0 Å². The molecule has 2 amide bonds. The van der Waals surface area contributed by atoms with Crippen molar-refractivity contribution in [3.63, 3.8) is 0 Å². The van der Waals surface area contributed by atoms with Crippen LogP contribution in [0.15, 0.2) is 0 Å². The fraction of sp³-hybridized carbons (Fsp3) is 0.941. The third-order valence-corrected chi connectivity index (χ3v) is 5.03. The first-order valence-corrected chi connectivity index (χ1v) is 8.94. The van der Waals surface area contributed by atoms with E-state index in [0.29, 0.717) is 5.92 Å². The van der Waals surface area contributed by atoms with E-state index in [2.05, 4.69) is 24.1 Å². The number of nitrogens with zero attached hydrogens (tertiary/aromatic N) is 2. The molecular weight excluding hydrogens is 278 g/mol. The highest BCUT2D eigenvalue weighted by molar-refractivity contribution is 5.74. The van der Waals surface area contributed by atoms with Crippen LogP contribution in [0.4, 0.5) is 4.79 Å². The summed E-state index contributed by atoms with van der Waals surface area (Å²) in [5.74, 6) is 1.98. The fourth-order valence-corrected chi connectivity index (χ4v) is 3.90. The number of nitrogens with one attached hydrogen (secondary N) is 1. The Labute approximate surface area is 135 Å². The predicted molar refractivity (Wildman–Crippen MR) is 88.8 cm³/mol. The van der Waals surface area contributed by atoms with Crippen LogP contribution in [0.5, 0.6) is 0 Å². The quantitative estimate of drug-likeness (QED) is 0.761. The molecule has 0 aromatic rings. The monoisotopic (exact) mass is 311 g/mol. The van der Waals surface area contributed by atoms with Crippen LogP contribution in [0.1, 0.15) is 39.5 Å². The number of hydrogen-bond donors (Lipinski definition) is 2. The first-order chi connectivity index (χ1) is 10.6. The van der Waals surface area contributed by atoms with Crippen LogP contribution in [-0.4, -0.2) is 66.8 Å². The van der Waals surface area contributed by atoms with Crippen LogP contribution in [-0.2, 0) is 0 Å². The number of likely N-dealkylation sites (tertiary alicyclic amines) is 2. The number of carbonyl (C=O) groups is 1. The maximum absolute atomic E-state index is 12.1. The van der Waals surface area contributed by atoms with Gasteiger partial charge in [0.05, 0.1) is 0 Å². The second-order valence-corrected chi connectivity index (χ2v) is 7.40. The highest BCUT2D eigenvalue weighted by Crippen LogP contribution is 2.20. The van der Waals surface area contributed by atoms with Crippen LogP contribution < -0.4 is 5.32 Å². The fourth-order valence-electron chi connectivity index (χ4n) is 3.90. The molecule has 0 aliphatic carbocycles. The molecule has 2 N–H and O–H groups in total. The van der Waals surface area contributed by atoms with Gasteiger partial charge in [-0.25, -0.2) is 4.79 Å². The van der Waals surface area contributed by atoms with Gasteiger partial charge >= 0.3 is 6.03 Å². The van der Waals surface area contributed by atoms with E-state index in [4.69, 9.17) is 5.11 Å². The Bertz CT molecular complexity index is 333. The van der Waals surface area contributed by atoms with Gasteiger partial charge in [0, 0.05) is 39.3 Å². The second-order valence-electron chi connectivity index (χ2n) is 7.40. The summed E-state index contributed by atoms with van der Waals surface area (Å²) in [4.78, 5) is 16.5. The summed E-state index contributed by atoms with van der Waals surface area (Å²) < 4.78 is 0. The van der Waals surface area contributed by atoms with Crippen LogP contribution in [0.25, 0.3) is 0 Å². The molecule has 5 nitrogen and oxygen atoms in total. The van der Waals surface area contributed by atoms with Gasteiger partial charge in [-0.15, -0.1) is 0 Å². The van der Waals surface area contributed by atoms with Gasteiger partial charge in [0.1, 0.15) is 0 Å². The van der Waals surface area contributed by atoms with Crippen molar-refractivity contribution in [3.05, 3.63) is 0 Å². The molecule has 2 aliphatic rings. The molecule has 0 saturated carbocycles. The van der Waals surface area contributed by atoms with E-state index in [1.165, 1.54) is 19.5 Å². The van der Waals surface area contributed by atoms with Gasteiger partial charge in [-0.05, 0) is 50.0 Å². The maximum Gasteiger partial charge on any atom is 0.317 e. The number of hydrogen-bond acceptors (Lipinski definition) is 3. The summed E-state index contributed by atoms with van der Waals surface area (Å²) in [5.41, 5.74) is 0. The van der Waals surface area contributed by atoms with Crippen molar-refractivity contribution >= 4 is 6.03 Å². The largest absolute Gasteiger partial charge is 0.396 e. The molecule has 2 fully saturated rings. The lowest BCUT2D eigenvalue weighted by Crippen LogP contribution is -2.45. The van der Waals surface area contributed by atoms with Crippen LogP contribution in [0, 0.1) is 17.8 Å². The third kappa shape index (κ3) is 5.43. The molecule has 22 heavy (non-hydrogen) atoms. The zero-order valence-corrected chi connectivity index (χ0v) is 14.3. The molecule has 2 atom stereocenters. The van der Waals surface area contributed by atoms with E-state index in [9.17, 15) is 4.79 Å². The Morgan fingerprint density at radius 1 is 1.18 bits per heavy atom. The molecular formula is C17H33N3O2. The topological polar surface area (TPSA) is 55.8 Å². The molecule has 2 heterocycles. The Kier molecular flexibility index (Phi) is 6.96. The first kappa shape index (κ1) is 17.5. The number of aliphatic hydroxyl groups excluding tert-OH is 1. The molecule has 2 saturated heterocycles. The SMILES string of the molecule is CC1CC(C)CN(CCCNC(=O)N2CCC(CO)CC2)C1. The lowest BCUT2D eigenvalue weighted by molar-refractivity contribution is 0.133. The van der Waals surface area contributed by atoms with Crippen LogP contribution in [0.2, 0.25) is 0 Å². The molecule has 0 spiro atoms. The van der Waals surface area contributed by atoms with Crippen molar-refractivity contribution in [2.24, 2.45) is 17.8 Å². The Morgan fingerprint density at radius 2 is 1.82 bits per heavy atom. The van der Waals surface area contributed by atoms with Gasteiger partial charge in [0.25, 0.3) is 0 Å². The van der Waals surface area contributed by atoms with E-state index in [1.807, 2.05) is 4.90 Å².